The van der Waals surface area contributed by atoms with Crippen LogP contribution in [-0.4, -0.2) is 24.5 Å². The molecule has 2 amide bonds. The number of nitrogens with one attached hydrogen (secondary N) is 1. The lowest BCUT2D eigenvalue weighted by Crippen LogP contribution is -2.44. The van der Waals surface area contributed by atoms with Gasteiger partial charge in [0.25, 0.3) is 11.8 Å². The Labute approximate surface area is 148 Å². The Morgan fingerprint density at radius 1 is 1.31 bits per heavy atom. The summed E-state index contributed by atoms with van der Waals surface area (Å²) in [6.07, 6.45) is 4.48. The van der Waals surface area contributed by atoms with Crippen LogP contribution < -0.4 is 15.0 Å². The van der Waals surface area contributed by atoms with E-state index < -0.39 is 23.6 Å². The minimum absolute atomic E-state index is 0.0358. The molecule has 0 radical (unpaired) electrons. The van der Waals surface area contributed by atoms with E-state index in [4.69, 9.17) is 11.2 Å². The number of rotatable bonds is 3. The van der Waals surface area contributed by atoms with Crippen LogP contribution in [0.5, 0.6) is 5.75 Å². The fraction of sp³-hybridized carbons (Fsp3) is 0.158. The molecule has 1 aliphatic rings. The minimum atomic E-state index is -0.818. The summed E-state index contributed by atoms with van der Waals surface area (Å²) < 4.78 is 33.5. The summed E-state index contributed by atoms with van der Waals surface area (Å²) in [5, 5.41) is 2.31. The first-order valence-electron chi connectivity index (χ1n) is 7.73. The molecule has 0 fully saturated rings. The summed E-state index contributed by atoms with van der Waals surface area (Å²) in [5.74, 6) is -0.223. The number of hydrogen-bond donors (Lipinski definition) is 1. The molecule has 1 heterocycles. The lowest BCUT2D eigenvalue weighted by atomic mass is 10.1. The zero-order valence-electron chi connectivity index (χ0n) is 13.8. The fourth-order valence-electron chi connectivity index (χ4n) is 2.61. The zero-order valence-corrected chi connectivity index (χ0v) is 13.8. The van der Waals surface area contributed by atoms with E-state index in [1.165, 1.54) is 36.1 Å². The van der Waals surface area contributed by atoms with Crippen molar-refractivity contribution in [2.24, 2.45) is 0 Å². The third-order valence-electron chi connectivity index (χ3n) is 3.87. The summed E-state index contributed by atoms with van der Waals surface area (Å²) in [6, 6.07) is 7.63. The third-order valence-corrected chi connectivity index (χ3v) is 3.87. The topological polar surface area (TPSA) is 58.6 Å². The highest BCUT2D eigenvalue weighted by atomic mass is 19.1. The molecule has 1 N–H and O–H groups in total. The van der Waals surface area contributed by atoms with Crippen molar-refractivity contribution in [1.29, 1.82) is 0 Å². The number of halogens is 2. The van der Waals surface area contributed by atoms with Crippen molar-refractivity contribution in [1.82, 2.24) is 0 Å². The number of nitrogens with zero attached hydrogens (tertiary/aromatic N) is 1. The van der Waals surface area contributed by atoms with E-state index in [0.29, 0.717) is 0 Å². The number of carbonyl (C=O) groups is 2. The van der Waals surface area contributed by atoms with Crippen LogP contribution in [0.3, 0.4) is 0 Å². The highest BCUT2D eigenvalue weighted by Crippen LogP contribution is 2.38. The second-order valence-electron chi connectivity index (χ2n) is 5.62. The van der Waals surface area contributed by atoms with Crippen molar-refractivity contribution in [2.75, 3.05) is 16.8 Å². The maximum atomic E-state index is 14.4. The quantitative estimate of drug-likeness (QED) is 0.861. The van der Waals surface area contributed by atoms with Gasteiger partial charge in [-0.1, -0.05) is 18.1 Å². The average Bonchev–Trinajstić information content (AvgIpc) is 2.60. The van der Waals surface area contributed by atoms with Crippen LogP contribution in [0.15, 0.2) is 36.4 Å². The second-order valence-corrected chi connectivity index (χ2v) is 5.62. The van der Waals surface area contributed by atoms with Gasteiger partial charge in [0, 0.05) is 6.07 Å². The molecule has 5 nitrogen and oxygen atoms in total. The number of hydrogen-bond acceptors (Lipinski definition) is 3. The van der Waals surface area contributed by atoms with Crippen LogP contribution in [0.4, 0.5) is 20.2 Å². The molecule has 2 aromatic rings. The van der Waals surface area contributed by atoms with Gasteiger partial charge >= 0.3 is 0 Å². The standard InChI is InChI=1S/C19H14F2N2O3/c1-3-8-23-16-10-15(14(21)9-17(16)26-11(2)19(23)25)22-18(24)12-6-4-5-7-13(12)20/h1,4-7,9-11H,8H2,2H3,(H,22,24)/t11-/m0/s1. The van der Waals surface area contributed by atoms with Crippen molar-refractivity contribution >= 4 is 23.2 Å². The molecule has 0 saturated carbocycles. The van der Waals surface area contributed by atoms with Crippen molar-refractivity contribution in [3.63, 3.8) is 0 Å². The molecule has 1 aliphatic heterocycles. The van der Waals surface area contributed by atoms with Crippen LogP contribution in [0.2, 0.25) is 0 Å². The first-order chi connectivity index (χ1) is 12.4. The zero-order chi connectivity index (χ0) is 18.8. The normalized spacial score (nSPS) is 15.7. The van der Waals surface area contributed by atoms with E-state index in [0.717, 1.165) is 12.1 Å². The third kappa shape index (κ3) is 3.09. The van der Waals surface area contributed by atoms with E-state index in [1.54, 1.807) is 0 Å². The number of anilines is 2. The Hall–Kier alpha value is -3.40. The Balaban J connectivity index is 1.98. The van der Waals surface area contributed by atoms with Gasteiger partial charge in [0.15, 0.2) is 11.9 Å². The molecule has 7 heteroatoms. The maximum absolute atomic E-state index is 14.4. The van der Waals surface area contributed by atoms with Crippen molar-refractivity contribution < 1.29 is 23.1 Å². The molecular formula is C19H14F2N2O3. The number of ether oxygens (including phenoxy) is 1. The summed E-state index contributed by atoms with van der Waals surface area (Å²) >= 11 is 0. The Morgan fingerprint density at radius 2 is 2.04 bits per heavy atom. The van der Waals surface area contributed by atoms with Gasteiger partial charge in [-0.2, -0.15) is 0 Å². The molecule has 0 aliphatic carbocycles. The van der Waals surface area contributed by atoms with Gasteiger partial charge in [-0.15, -0.1) is 6.42 Å². The smallest absolute Gasteiger partial charge is 0.268 e. The Bertz CT molecular complexity index is 937. The largest absolute Gasteiger partial charge is 0.479 e. The van der Waals surface area contributed by atoms with Gasteiger partial charge in [-0.3, -0.25) is 14.5 Å². The van der Waals surface area contributed by atoms with E-state index in [-0.39, 0.29) is 35.1 Å². The van der Waals surface area contributed by atoms with Crippen LogP contribution in [-0.2, 0) is 4.79 Å². The van der Waals surface area contributed by atoms with Gasteiger partial charge in [0.2, 0.25) is 0 Å². The fourth-order valence-corrected chi connectivity index (χ4v) is 2.61. The van der Waals surface area contributed by atoms with Crippen molar-refractivity contribution in [3.8, 4) is 18.1 Å². The van der Waals surface area contributed by atoms with Gasteiger partial charge in [-0.25, -0.2) is 8.78 Å². The number of benzene rings is 2. The second kappa shape index (κ2) is 6.84. The van der Waals surface area contributed by atoms with E-state index in [1.807, 2.05) is 0 Å². The van der Waals surface area contributed by atoms with Crippen LogP contribution in [0.1, 0.15) is 17.3 Å². The highest BCUT2D eigenvalue weighted by molar-refractivity contribution is 6.06. The van der Waals surface area contributed by atoms with Crippen molar-refractivity contribution in [3.05, 3.63) is 53.6 Å². The number of amides is 2. The van der Waals surface area contributed by atoms with E-state index >= 15 is 0 Å². The first-order valence-corrected chi connectivity index (χ1v) is 7.73. The molecule has 2 aromatic carbocycles. The van der Waals surface area contributed by atoms with Crippen LogP contribution in [0, 0.1) is 24.0 Å². The number of fused-ring (bicyclic) bond motifs is 1. The molecule has 0 unspecified atom stereocenters. The minimum Gasteiger partial charge on any atom is -0.479 e. The SMILES string of the molecule is C#CCN1C(=O)[C@H](C)Oc2cc(F)c(NC(=O)c3ccccc3F)cc21. The van der Waals surface area contributed by atoms with Crippen LogP contribution in [0.25, 0.3) is 0 Å². The predicted molar refractivity (Wildman–Crippen MR) is 92.0 cm³/mol. The van der Waals surface area contributed by atoms with Gasteiger partial charge < -0.3 is 10.1 Å². The molecular weight excluding hydrogens is 342 g/mol. The lowest BCUT2D eigenvalue weighted by molar-refractivity contribution is -0.125. The maximum Gasteiger partial charge on any atom is 0.268 e. The summed E-state index contributed by atoms with van der Waals surface area (Å²) in [6.45, 7) is 1.49. The molecule has 0 bridgehead atoms. The highest BCUT2D eigenvalue weighted by Gasteiger charge is 2.32. The summed E-state index contributed by atoms with van der Waals surface area (Å²) in [5.41, 5.74) is -0.215. The molecule has 26 heavy (non-hydrogen) atoms. The summed E-state index contributed by atoms with van der Waals surface area (Å²) in [7, 11) is 0. The predicted octanol–water partition coefficient (Wildman–Crippen LogP) is 2.96. The lowest BCUT2D eigenvalue weighted by Gasteiger charge is -2.32. The Kier molecular flexibility index (Phi) is 4.59. The monoisotopic (exact) mass is 356 g/mol. The van der Waals surface area contributed by atoms with E-state index in [9.17, 15) is 18.4 Å². The van der Waals surface area contributed by atoms with Gasteiger partial charge in [-0.05, 0) is 25.1 Å². The summed E-state index contributed by atoms with van der Waals surface area (Å²) in [4.78, 5) is 25.7. The average molecular weight is 356 g/mol. The molecule has 132 valence electrons. The van der Waals surface area contributed by atoms with E-state index in [2.05, 4.69) is 11.2 Å². The van der Waals surface area contributed by atoms with Gasteiger partial charge in [0.05, 0.1) is 23.5 Å². The molecule has 0 spiro atoms. The Morgan fingerprint density at radius 3 is 2.73 bits per heavy atom. The van der Waals surface area contributed by atoms with Crippen molar-refractivity contribution in [2.45, 2.75) is 13.0 Å². The molecule has 0 aromatic heterocycles. The molecule has 1 atom stereocenters. The molecule has 3 rings (SSSR count). The number of terminal acetylenes is 1. The first kappa shape index (κ1) is 17.4. The number of carbonyl (C=O) groups excluding carboxylic acids is 2. The van der Waals surface area contributed by atoms with Crippen LogP contribution >= 0.6 is 0 Å². The molecule has 0 saturated heterocycles. The van der Waals surface area contributed by atoms with Gasteiger partial charge in [0.1, 0.15) is 11.6 Å².